The number of nitrogens with one attached hydrogen (secondary N) is 1. The average Bonchev–Trinajstić information content (AvgIpc) is 2.58. The summed E-state index contributed by atoms with van der Waals surface area (Å²) in [5, 5.41) is 14.2. The molecule has 0 aromatic carbocycles. The van der Waals surface area contributed by atoms with E-state index in [1.165, 1.54) is 5.56 Å². The van der Waals surface area contributed by atoms with Gasteiger partial charge in [-0.15, -0.1) is 0 Å². The van der Waals surface area contributed by atoms with Gasteiger partial charge in [-0.1, -0.05) is 0 Å². The third-order valence-electron chi connectivity index (χ3n) is 1.62. The lowest BCUT2D eigenvalue weighted by atomic mass is 10.2. The molecule has 0 spiro atoms. The Hall–Kier alpha value is -2.05. The number of carbonyl (C=O) groups is 2. The van der Waals surface area contributed by atoms with E-state index < -0.39 is 24.2 Å². The molecule has 0 bridgehead atoms. The number of carbonyl (C=O) groups excluding carboxylic acids is 1. The van der Waals surface area contributed by atoms with Crippen molar-refractivity contribution in [2.24, 2.45) is 7.05 Å². The van der Waals surface area contributed by atoms with Gasteiger partial charge in [-0.05, 0) is 33.3 Å². The van der Waals surface area contributed by atoms with Crippen LogP contribution >= 0.6 is 0 Å². The average molecular weight is 271 g/mol. The van der Waals surface area contributed by atoms with Gasteiger partial charge in [0.15, 0.2) is 0 Å². The fraction of sp³-hybridized carbons (Fsp3) is 0.583. The SMILES string of the molecule is CC(C)(C)OC(=O)NCC(=O)O.Cc1cnn(C)c1. The number of hydrogen-bond acceptors (Lipinski definition) is 4. The molecule has 1 rings (SSSR count). The second kappa shape index (κ2) is 7.40. The fourth-order valence-corrected chi connectivity index (χ4v) is 1.01. The van der Waals surface area contributed by atoms with Crippen molar-refractivity contribution in [3.8, 4) is 0 Å². The fourth-order valence-electron chi connectivity index (χ4n) is 1.01. The molecule has 0 aliphatic carbocycles. The Balaban J connectivity index is 0.000000388. The molecule has 7 nitrogen and oxygen atoms in total. The Morgan fingerprint density at radius 3 is 2.32 bits per heavy atom. The lowest BCUT2D eigenvalue weighted by Crippen LogP contribution is -2.35. The molecule has 1 amide bonds. The molecule has 0 radical (unpaired) electrons. The van der Waals surface area contributed by atoms with Crippen LogP contribution in [-0.4, -0.2) is 39.1 Å². The largest absolute Gasteiger partial charge is 0.480 e. The van der Waals surface area contributed by atoms with Crippen LogP contribution in [0.2, 0.25) is 0 Å². The van der Waals surface area contributed by atoms with Crippen LogP contribution in [0.5, 0.6) is 0 Å². The molecular formula is C12H21N3O4. The van der Waals surface area contributed by atoms with Gasteiger partial charge in [0.2, 0.25) is 0 Å². The van der Waals surface area contributed by atoms with E-state index in [1.54, 1.807) is 25.5 Å². The maximum atomic E-state index is 10.8. The Labute approximate surface area is 112 Å². The van der Waals surface area contributed by atoms with Crippen LogP contribution in [0.15, 0.2) is 12.4 Å². The van der Waals surface area contributed by atoms with E-state index in [1.807, 2.05) is 26.4 Å². The molecule has 0 fully saturated rings. The lowest BCUT2D eigenvalue weighted by Gasteiger charge is -2.19. The summed E-state index contributed by atoms with van der Waals surface area (Å²) in [6.45, 7) is 6.70. The van der Waals surface area contributed by atoms with E-state index in [0.29, 0.717) is 0 Å². The van der Waals surface area contributed by atoms with Gasteiger partial charge in [0.1, 0.15) is 12.1 Å². The van der Waals surface area contributed by atoms with E-state index in [2.05, 4.69) is 10.4 Å². The first kappa shape index (κ1) is 16.9. The number of aromatic nitrogens is 2. The van der Waals surface area contributed by atoms with Crippen molar-refractivity contribution in [1.29, 1.82) is 0 Å². The third kappa shape index (κ3) is 10.8. The van der Waals surface area contributed by atoms with Crippen LogP contribution in [0.3, 0.4) is 0 Å². The van der Waals surface area contributed by atoms with Gasteiger partial charge < -0.3 is 15.2 Å². The molecule has 1 heterocycles. The molecule has 0 saturated heterocycles. The smallest absolute Gasteiger partial charge is 0.408 e. The molecule has 1 aromatic rings. The summed E-state index contributed by atoms with van der Waals surface area (Å²) in [4.78, 5) is 20.8. The summed E-state index contributed by atoms with van der Waals surface area (Å²) < 4.78 is 6.56. The maximum Gasteiger partial charge on any atom is 0.408 e. The van der Waals surface area contributed by atoms with Crippen LogP contribution in [0.4, 0.5) is 4.79 Å². The first-order valence-electron chi connectivity index (χ1n) is 5.74. The summed E-state index contributed by atoms with van der Waals surface area (Å²) in [6, 6.07) is 0. The standard InChI is InChI=1S/C7H13NO4.C5H8N2/c1-7(2,3)12-6(11)8-4-5(9)10;1-5-3-6-7(2)4-5/h4H2,1-3H3,(H,8,11)(H,9,10);3-4H,1-2H3. The van der Waals surface area contributed by atoms with Gasteiger partial charge in [0, 0.05) is 13.2 Å². The highest BCUT2D eigenvalue weighted by molar-refractivity contribution is 5.76. The van der Waals surface area contributed by atoms with Gasteiger partial charge in [-0.3, -0.25) is 9.48 Å². The van der Waals surface area contributed by atoms with Crippen LogP contribution in [-0.2, 0) is 16.6 Å². The van der Waals surface area contributed by atoms with Crippen molar-refractivity contribution >= 4 is 12.1 Å². The number of amides is 1. The molecular weight excluding hydrogens is 250 g/mol. The normalized spacial score (nSPS) is 10.2. The quantitative estimate of drug-likeness (QED) is 0.846. The van der Waals surface area contributed by atoms with Crippen LogP contribution in [0.25, 0.3) is 0 Å². The molecule has 1 aromatic heterocycles. The molecule has 19 heavy (non-hydrogen) atoms. The highest BCUT2D eigenvalue weighted by atomic mass is 16.6. The first-order valence-corrected chi connectivity index (χ1v) is 5.74. The molecule has 0 saturated carbocycles. The van der Waals surface area contributed by atoms with Crippen LogP contribution in [0, 0.1) is 6.92 Å². The molecule has 7 heteroatoms. The van der Waals surface area contributed by atoms with E-state index in [-0.39, 0.29) is 0 Å². The zero-order valence-corrected chi connectivity index (χ0v) is 11.9. The molecule has 0 aliphatic rings. The Bertz CT molecular complexity index is 404. The minimum absolute atomic E-state index is 0.422. The van der Waals surface area contributed by atoms with Gasteiger partial charge >= 0.3 is 12.1 Å². The van der Waals surface area contributed by atoms with Crippen molar-refractivity contribution in [1.82, 2.24) is 15.1 Å². The third-order valence-corrected chi connectivity index (χ3v) is 1.62. The topological polar surface area (TPSA) is 93.4 Å². The molecule has 2 N–H and O–H groups in total. The van der Waals surface area contributed by atoms with Gasteiger partial charge in [-0.25, -0.2) is 4.79 Å². The number of carboxylic acid groups (broad SMARTS) is 1. The van der Waals surface area contributed by atoms with E-state index in [9.17, 15) is 9.59 Å². The monoisotopic (exact) mass is 271 g/mol. The van der Waals surface area contributed by atoms with Gasteiger partial charge in [-0.2, -0.15) is 5.10 Å². The van der Waals surface area contributed by atoms with Crippen LogP contribution in [0.1, 0.15) is 26.3 Å². The summed E-state index contributed by atoms with van der Waals surface area (Å²) in [5.74, 6) is -1.10. The van der Waals surface area contributed by atoms with Crippen molar-refractivity contribution < 1.29 is 19.4 Å². The Kier molecular flexibility index (Phi) is 6.60. The molecule has 108 valence electrons. The zero-order chi connectivity index (χ0) is 15.1. The number of rotatable bonds is 2. The second-order valence-electron chi connectivity index (χ2n) is 4.94. The predicted molar refractivity (Wildman–Crippen MR) is 69.8 cm³/mol. The van der Waals surface area contributed by atoms with Gasteiger partial charge in [0.25, 0.3) is 0 Å². The minimum Gasteiger partial charge on any atom is -0.480 e. The van der Waals surface area contributed by atoms with Crippen LogP contribution < -0.4 is 5.32 Å². The minimum atomic E-state index is -1.10. The highest BCUT2D eigenvalue weighted by Crippen LogP contribution is 2.05. The zero-order valence-electron chi connectivity index (χ0n) is 11.9. The number of aliphatic carboxylic acids is 1. The van der Waals surface area contributed by atoms with Crippen molar-refractivity contribution in [2.45, 2.75) is 33.3 Å². The van der Waals surface area contributed by atoms with E-state index >= 15 is 0 Å². The second-order valence-corrected chi connectivity index (χ2v) is 4.94. The predicted octanol–water partition coefficient (Wildman–Crippen LogP) is 1.32. The summed E-state index contributed by atoms with van der Waals surface area (Å²) in [6.07, 6.45) is 3.09. The van der Waals surface area contributed by atoms with E-state index in [4.69, 9.17) is 9.84 Å². The number of alkyl carbamates (subject to hydrolysis) is 1. The van der Waals surface area contributed by atoms with Crippen molar-refractivity contribution in [2.75, 3.05) is 6.54 Å². The summed E-state index contributed by atoms with van der Waals surface area (Å²) >= 11 is 0. The number of hydrogen-bond donors (Lipinski definition) is 2. The lowest BCUT2D eigenvalue weighted by molar-refractivity contribution is -0.136. The molecule has 0 atom stereocenters. The van der Waals surface area contributed by atoms with Gasteiger partial charge in [0.05, 0.1) is 6.20 Å². The Morgan fingerprint density at radius 2 is 2.05 bits per heavy atom. The molecule has 0 unspecified atom stereocenters. The summed E-state index contributed by atoms with van der Waals surface area (Å²) in [7, 11) is 1.91. The van der Waals surface area contributed by atoms with Crippen molar-refractivity contribution in [3.63, 3.8) is 0 Å². The Morgan fingerprint density at radius 1 is 1.47 bits per heavy atom. The number of nitrogens with zero attached hydrogens (tertiary/aromatic N) is 2. The van der Waals surface area contributed by atoms with E-state index in [0.717, 1.165) is 0 Å². The first-order chi connectivity index (χ1) is 8.60. The summed E-state index contributed by atoms with van der Waals surface area (Å²) in [5.41, 5.74) is 0.616. The number of ether oxygens (including phenoxy) is 1. The molecule has 0 aliphatic heterocycles. The highest BCUT2D eigenvalue weighted by Gasteiger charge is 2.16. The van der Waals surface area contributed by atoms with Crippen molar-refractivity contribution in [3.05, 3.63) is 18.0 Å². The number of aryl methyl sites for hydroxylation is 2. The number of carboxylic acids is 1. The maximum absolute atomic E-state index is 10.8.